The van der Waals surface area contributed by atoms with Crippen molar-refractivity contribution in [2.24, 2.45) is 0 Å². The zero-order valence-electron chi connectivity index (χ0n) is 9.17. The summed E-state index contributed by atoms with van der Waals surface area (Å²) in [6.07, 6.45) is 1.35. The molecule has 5 heteroatoms. The van der Waals surface area contributed by atoms with Gasteiger partial charge in [0.15, 0.2) is 6.29 Å². The van der Waals surface area contributed by atoms with Gasteiger partial charge in [-0.3, -0.25) is 14.9 Å². The van der Waals surface area contributed by atoms with E-state index in [9.17, 15) is 9.59 Å². The summed E-state index contributed by atoms with van der Waals surface area (Å²) in [4.78, 5) is 21.7. The number of hydrogen-bond acceptors (Lipinski definition) is 4. The van der Waals surface area contributed by atoms with Gasteiger partial charge in [0.05, 0.1) is 0 Å². The van der Waals surface area contributed by atoms with Gasteiger partial charge in [0.25, 0.3) is 6.29 Å². The van der Waals surface area contributed by atoms with Gasteiger partial charge in [-0.2, -0.15) is 0 Å². The number of hydrogen-bond donors (Lipinski definition) is 1. The van der Waals surface area contributed by atoms with Gasteiger partial charge in [-0.25, -0.2) is 0 Å². The van der Waals surface area contributed by atoms with Crippen molar-refractivity contribution < 1.29 is 19.1 Å². The van der Waals surface area contributed by atoms with Crippen molar-refractivity contribution in [3.8, 4) is 0 Å². The molecule has 0 aromatic heterocycles. The molecular weight excluding hydrogens is 222 g/mol. The second kappa shape index (κ2) is 4.69. The Morgan fingerprint density at radius 3 is 2.88 bits per heavy atom. The Morgan fingerprint density at radius 2 is 2.18 bits per heavy atom. The Labute approximate surface area is 98.0 Å². The number of carbonyl (C=O) groups is 2. The molecule has 1 aliphatic rings. The van der Waals surface area contributed by atoms with Crippen LogP contribution in [0.25, 0.3) is 0 Å². The Morgan fingerprint density at radius 1 is 1.41 bits per heavy atom. The van der Waals surface area contributed by atoms with Crippen LogP contribution < -0.4 is 5.32 Å². The summed E-state index contributed by atoms with van der Waals surface area (Å²) in [5.41, 5.74) is 1.12. The minimum Gasteiger partial charge on any atom is -0.453 e. The lowest BCUT2D eigenvalue weighted by atomic mass is 10.1. The van der Waals surface area contributed by atoms with Crippen LogP contribution in [0.2, 0.25) is 0 Å². The van der Waals surface area contributed by atoms with Crippen LogP contribution in [0, 0.1) is 0 Å². The highest BCUT2D eigenvalue weighted by Crippen LogP contribution is 2.28. The van der Waals surface area contributed by atoms with Crippen LogP contribution in [0.5, 0.6) is 0 Å². The SMILES string of the molecule is CC(=O)NC1=COC(c2ccccc2C=O)O1. The van der Waals surface area contributed by atoms with E-state index in [4.69, 9.17) is 9.47 Å². The molecule has 1 aliphatic heterocycles. The highest BCUT2D eigenvalue weighted by atomic mass is 16.7. The maximum absolute atomic E-state index is 10.8. The number of benzene rings is 1. The van der Waals surface area contributed by atoms with Crippen LogP contribution >= 0.6 is 0 Å². The largest absolute Gasteiger partial charge is 0.453 e. The number of rotatable bonds is 3. The Balaban J connectivity index is 2.12. The van der Waals surface area contributed by atoms with Gasteiger partial charge in [0.1, 0.15) is 6.26 Å². The predicted molar refractivity (Wildman–Crippen MR) is 58.6 cm³/mol. The molecule has 1 aromatic rings. The minimum atomic E-state index is -0.696. The molecule has 0 radical (unpaired) electrons. The number of carbonyl (C=O) groups excluding carboxylic acids is 2. The lowest BCUT2D eigenvalue weighted by molar-refractivity contribution is -0.119. The van der Waals surface area contributed by atoms with Crippen molar-refractivity contribution in [2.45, 2.75) is 13.2 Å². The van der Waals surface area contributed by atoms with Crippen molar-refractivity contribution >= 4 is 12.2 Å². The van der Waals surface area contributed by atoms with Crippen molar-refractivity contribution in [1.82, 2.24) is 5.32 Å². The molecular formula is C12H11NO4. The molecule has 0 spiro atoms. The molecule has 2 rings (SSSR count). The van der Waals surface area contributed by atoms with Crippen LogP contribution in [0.1, 0.15) is 29.1 Å². The molecule has 88 valence electrons. The Hall–Kier alpha value is -2.30. The fourth-order valence-electron chi connectivity index (χ4n) is 1.50. The van der Waals surface area contributed by atoms with E-state index in [1.165, 1.54) is 13.2 Å². The first-order valence-electron chi connectivity index (χ1n) is 5.04. The maximum Gasteiger partial charge on any atom is 0.269 e. The van der Waals surface area contributed by atoms with E-state index in [-0.39, 0.29) is 11.8 Å². The summed E-state index contributed by atoms with van der Waals surface area (Å²) < 4.78 is 10.6. The molecule has 0 aliphatic carbocycles. The first-order chi connectivity index (χ1) is 8.20. The van der Waals surface area contributed by atoms with E-state index < -0.39 is 6.29 Å². The molecule has 0 saturated heterocycles. The standard InChI is InChI=1S/C12H11NO4/c1-8(15)13-11-7-16-12(17-11)10-5-3-2-4-9(10)6-14/h2-7,12H,1H3,(H,13,15). The molecule has 1 unspecified atom stereocenters. The van der Waals surface area contributed by atoms with E-state index >= 15 is 0 Å². The third-order valence-corrected chi connectivity index (χ3v) is 2.21. The average molecular weight is 233 g/mol. The van der Waals surface area contributed by atoms with Crippen molar-refractivity contribution in [2.75, 3.05) is 0 Å². The lowest BCUT2D eigenvalue weighted by Crippen LogP contribution is -2.19. The van der Waals surface area contributed by atoms with Crippen LogP contribution in [0.3, 0.4) is 0 Å². The van der Waals surface area contributed by atoms with Gasteiger partial charge >= 0.3 is 0 Å². The molecule has 1 atom stereocenters. The van der Waals surface area contributed by atoms with Crippen molar-refractivity contribution in [3.63, 3.8) is 0 Å². The third-order valence-electron chi connectivity index (χ3n) is 2.21. The topological polar surface area (TPSA) is 64.6 Å². The fourth-order valence-corrected chi connectivity index (χ4v) is 1.50. The third kappa shape index (κ3) is 2.44. The fraction of sp³-hybridized carbons (Fsp3) is 0.167. The second-order valence-electron chi connectivity index (χ2n) is 3.50. The van der Waals surface area contributed by atoms with Crippen molar-refractivity contribution in [3.05, 3.63) is 47.5 Å². The van der Waals surface area contributed by atoms with Gasteiger partial charge in [0, 0.05) is 18.1 Å². The molecule has 17 heavy (non-hydrogen) atoms. The van der Waals surface area contributed by atoms with Crippen molar-refractivity contribution in [1.29, 1.82) is 0 Å². The molecule has 0 bridgehead atoms. The number of ether oxygens (including phenoxy) is 2. The Kier molecular flexibility index (Phi) is 3.09. The zero-order valence-corrected chi connectivity index (χ0v) is 9.17. The van der Waals surface area contributed by atoms with Gasteiger partial charge in [-0.1, -0.05) is 24.3 Å². The summed E-state index contributed by atoms with van der Waals surface area (Å²) in [5.74, 6) is -0.00706. The number of nitrogens with one attached hydrogen (secondary N) is 1. The number of amides is 1. The summed E-state index contributed by atoms with van der Waals surface area (Å²) in [7, 11) is 0. The Bertz CT molecular complexity index is 481. The lowest BCUT2D eigenvalue weighted by Gasteiger charge is -2.13. The maximum atomic E-state index is 10.8. The molecule has 1 amide bonds. The summed E-state index contributed by atoms with van der Waals surface area (Å²) >= 11 is 0. The van der Waals surface area contributed by atoms with E-state index in [0.717, 1.165) is 6.29 Å². The predicted octanol–water partition coefficient (Wildman–Crippen LogP) is 1.48. The first-order valence-corrected chi connectivity index (χ1v) is 5.04. The van der Waals surface area contributed by atoms with Gasteiger partial charge in [0.2, 0.25) is 11.8 Å². The van der Waals surface area contributed by atoms with Crippen LogP contribution in [0.4, 0.5) is 0 Å². The van der Waals surface area contributed by atoms with E-state index in [2.05, 4.69) is 5.32 Å². The highest BCUT2D eigenvalue weighted by molar-refractivity contribution is 5.77. The van der Waals surface area contributed by atoms with Gasteiger partial charge in [-0.05, 0) is 0 Å². The molecule has 0 saturated carbocycles. The molecule has 1 aromatic carbocycles. The van der Waals surface area contributed by atoms with Gasteiger partial charge < -0.3 is 9.47 Å². The number of aldehydes is 1. The van der Waals surface area contributed by atoms with E-state index in [0.29, 0.717) is 11.1 Å². The van der Waals surface area contributed by atoms with Gasteiger partial charge in [-0.15, -0.1) is 0 Å². The van der Waals surface area contributed by atoms with Crippen LogP contribution in [-0.2, 0) is 14.3 Å². The van der Waals surface area contributed by atoms with Crippen LogP contribution in [0.15, 0.2) is 36.4 Å². The quantitative estimate of drug-likeness (QED) is 0.803. The normalized spacial score (nSPS) is 17.7. The minimum absolute atomic E-state index is 0.239. The molecule has 1 heterocycles. The van der Waals surface area contributed by atoms with E-state index in [1.54, 1.807) is 24.3 Å². The smallest absolute Gasteiger partial charge is 0.269 e. The monoisotopic (exact) mass is 233 g/mol. The van der Waals surface area contributed by atoms with Crippen LogP contribution in [-0.4, -0.2) is 12.2 Å². The summed E-state index contributed by atoms with van der Waals surface area (Å²) in [5, 5.41) is 2.47. The average Bonchev–Trinajstić information content (AvgIpc) is 2.76. The first kappa shape index (κ1) is 11.2. The molecule has 0 fully saturated rings. The summed E-state index contributed by atoms with van der Waals surface area (Å²) in [6.45, 7) is 1.37. The second-order valence-corrected chi connectivity index (χ2v) is 3.50. The van der Waals surface area contributed by atoms with E-state index in [1.807, 2.05) is 0 Å². The summed E-state index contributed by atoms with van der Waals surface area (Å²) in [6, 6.07) is 6.94. The zero-order chi connectivity index (χ0) is 12.3. The molecule has 5 nitrogen and oxygen atoms in total. The highest BCUT2D eigenvalue weighted by Gasteiger charge is 2.24. The molecule has 1 N–H and O–H groups in total.